The molecule has 4 rings (SSSR count). The highest BCUT2D eigenvalue weighted by Crippen LogP contribution is 2.28. The third-order valence-corrected chi connectivity index (χ3v) is 4.43. The Kier molecular flexibility index (Phi) is 5.43. The van der Waals surface area contributed by atoms with Crippen molar-refractivity contribution in [1.29, 1.82) is 0 Å². The number of oxazole rings is 1. The lowest BCUT2D eigenvalue weighted by molar-refractivity contribution is 0.0433. The van der Waals surface area contributed by atoms with Crippen molar-refractivity contribution in [2.24, 2.45) is 0 Å². The van der Waals surface area contributed by atoms with Gasteiger partial charge in [0.05, 0.1) is 30.7 Å². The molecule has 2 aromatic carbocycles. The predicted octanol–water partition coefficient (Wildman–Crippen LogP) is 4.75. The van der Waals surface area contributed by atoms with Crippen molar-refractivity contribution in [3.05, 3.63) is 90.0 Å². The first-order valence-corrected chi connectivity index (χ1v) is 9.10. The number of carbonyl (C=O) groups excluding carboxylic acids is 2. The molecule has 0 saturated heterocycles. The van der Waals surface area contributed by atoms with Crippen LogP contribution in [0, 0.1) is 0 Å². The van der Waals surface area contributed by atoms with Crippen LogP contribution in [-0.2, 0) is 16.1 Å². The van der Waals surface area contributed by atoms with Gasteiger partial charge in [-0.15, -0.1) is 0 Å². The Morgan fingerprint density at radius 1 is 0.933 bits per heavy atom. The standard InChI is InChI=1S/C23H17NO6/c1-27-22(25)18-11-12-28-20(18)14-29-23(26)17-10-6-5-9-16(17)21-24-13-19(30-21)15-7-3-2-4-8-15/h2-13H,14H2,1H3. The van der Waals surface area contributed by atoms with Gasteiger partial charge >= 0.3 is 11.9 Å². The summed E-state index contributed by atoms with van der Waals surface area (Å²) in [7, 11) is 1.27. The molecule has 30 heavy (non-hydrogen) atoms. The van der Waals surface area contributed by atoms with Gasteiger partial charge in [0.1, 0.15) is 5.56 Å². The van der Waals surface area contributed by atoms with Crippen LogP contribution < -0.4 is 0 Å². The van der Waals surface area contributed by atoms with E-state index in [-0.39, 0.29) is 23.5 Å². The maximum absolute atomic E-state index is 12.7. The predicted molar refractivity (Wildman–Crippen MR) is 107 cm³/mol. The lowest BCUT2D eigenvalue weighted by Crippen LogP contribution is -2.09. The number of methoxy groups -OCH3 is 1. The van der Waals surface area contributed by atoms with E-state index >= 15 is 0 Å². The second kappa shape index (κ2) is 8.48. The molecule has 2 heterocycles. The molecule has 0 N–H and O–H groups in total. The van der Waals surface area contributed by atoms with Crippen molar-refractivity contribution in [1.82, 2.24) is 4.98 Å². The molecule has 0 aliphatic heterocycles. The lowest BCUT2D eigenvalue weighted by Gasteiger charge is -2.07. The monoisotopic (exact) mass is 403 g/mol. The number of hydrogen-bond donors (Lipinski definition) is 0. The number of carbonyl (C=O) groups is 2. The Bertz CT molecular complexity index is 1180. The highest BCUT2D eigenvalue weighted by molar-refractivity contribution is 5.96. The molecule has 150 valence electrons. The van der Waals surface area contributed by atoms with E-state index in [1.807, 2.05) is 30.3 Å². The summed E-state index contributed by atoms with van der Waals surface area (Å²) in [4.78, 5) is 28.7. The summed E-state index contributed by atoms with van der Waals surface area (Å²) in [6.07, 6.45) is 2.94. The highest BCUT2D eigenvalue weighted by atomic mass is 16.5. The quantitative estimate of drug-likeness (QED) is 0.429. The third kappa shape index (κ3) is 3.86. The fourth-order valence-electron chi connectivity index (χ4n) is 2.94. The largest absolute Gasteiger partial charge is 0.465 e. The zero-order valence-corrected chi connectivity index (χ0v) is 16.0. The van der Waals surface area contributed by atoms with Crippen LogP contribution in [0.25, 0.3) is 22.8 Å². The fourth-order valence-corrected chi connectivity index (χ4v) is 2.94. The summed E-state index contributed by atoms with van der Waals surface area (Å²) in [5.74, 6) is -0.0717. The Balaban J connectivity index is 1.55. The number of esters is 2. The van der Waals surface area contributed by atoms with Crippen LogP contribution in [0.1, 0.15) is 26.5 Å². The summed E-state index contributed by atoms with van der Waals surface area (Å²) < 4.78 is 21.1. The topological polar surface area (TPSA) is 91.8 Å². The van der Waals surface area contributed by atoms with Crippen molar-refractivity contribution >= 4 is 11.9 Å². The maximum atomic E-state index is 12.7. The Hall–Kier alpha value is -4.13. The SMILES string of the molecule is COC(=O)c1ccoc1COC(=O)c1ccccc1-c1ncc(-c2ccccc2)o1. The average Bonchev–Trinajstić information content (AvgIpc) is 3.47. The van der Waals surface area contributed by atoms with Crippen LogP contribution >= 0.6 is 0 Å². The zero-order valence-electron chi connectivity index (χ0n) is 16.0. The van der Waals surface area contributed by atoms with Crippen LogP contribution in [0.15, 0.2) is 82.0 Å². The Morgan fingerprint density at radius 3 is 2.50 bits per heavy atom. The van der Waals surface area contributed by atoms with Crippen LogP contribution in [0.3, 0.4) is 0 Å². The van der Waals surface area contributed by atoms with E-state index in [2.05, 4.69) is 9.72 Å². The van der Waals surface area contributed by atoms with Crippen molar-refractivity contribution in [3.8, 4) is 22.8 Å². The van der Waals surface area contributed by atoms with Crippen LogP contribution in [-0.4, -0.2) is 24.0 Å². The summed E-state index contributed by atoms with van der Waals surface area (Å²) in [5.41, 5.74) is 1.87. The van der Waals surface area contributed by atoms with E-state index in [0.717, 1.165) is 5.56 Å². The molecule has 0 unspecified atom stereocenters. The van der Waals surface area contributed by atoms with Crippen molar-refractivity contribution in [2.75, 3.05) is 7.11 Å². The number of benzene rings is 2. The summed E-state index contributed by atoms with van der Waals surface area (Å²) in [5, 5.41) is 0. The van der Waals surface area contributed by atoms with Gasteiger partial charge in [-0.25, -0.2) is 14.6 Å². The molecule has 0 saturated carbocycles. The average molecular weight is 403 g/mol. The van der Waals surface area contributed by atoms with E-state index in [4.69, 9.17) is 13.6 Å². The summed E-state index contributed by atoms with van der Waals surface area (Å²) in [6, 6.07) is 17.8. The molecule has 0 aliphatic carbocycles. The highest BCUT2D eigenvalue weighted by Gasteiger charge is 2.20. The molecule has 4 aromatic rings. The second-order valence-electron chi connectivity index (χ2n) is 6.27. The molecule has 0 spiro atoms. The molecule has 0 atom stereocenters. The summed E-state index contributed by atoms with van der Waals surface area (Å²) in [6.45, 7) is -0.217. The first kappa shape index (κ1) is 19.2. The maximum Gasteiger partial charge on any atom is 0.341 e. The van der Waals surface area contributed by atoms with Crippen LogP contribution in [0.5, 0.6) is 0 Å². The van der Waals surface area contributed by atoms with Gasteiger partial charge in [-0.3, -0.25) is 0 Å². The first-order chi connectivity index (χ1) is 14.7. The number of furan rings is 1. The minimum Gasteiger partial charge on any atom is -0.465 e. The number of rotatable bonds is 6. The fraction of sp³-hybridized carbons (Fsp3) is 0.0870. The van der Waals surface area contributed by atoms with Crippen molar-refractivity contribution < 1.29 is 27.9 Å². The molecule has 2 aromatic heterocycles. The molecular weight excluding hydrogens is 386 g/mol. The smallest absolute Gasteiger partial charge is 0.341 e. The van der Waals surface area contributed by atoms with Gasteiger partial charge < -0.3 is 18.3 Å². The van der Waals surface area contributed by atoms with E-state index in [9.17, 15) is 9.59 Å². The molecule has 7 nitrogen and oxygen atoms in total. The Labute approximate surface area is 171 Å². The first-order valence-electron chi connectivity index (χ1n) is 9.10. The molecule has 0 aliphatic rings. The Morgan fingerprint density at radius 2 is 1.70 bits per heavy atom. The third-order valence-electron chi connectivity index (χ3n) is 4.43. The van der Waals surface area contributed by atoms with Gasteiger partial charge in [-0.1, -0.05) is 42.5 Å². The zero-order chi connectivity index (χ0) is 20.9. The van der Waals surface area contributed by atoms with Gasteiger partial charge in [0.2, 0.25) is 5.89 Å². The van der Waals surface area contributed by atoms with Crippen LogP contribution in [0.4, 0.5) is 0 Å². The molecule has 0 radical (unpaired) electrons. The lowest BCUT2D eigenvalue weighted by atomic mass is 10.1. The van der Waals surface area contributed by atoms with E-state index in [0.29, 0.717) is 17.2 Å². The minimum atomic E-state index is -0.600. The van der Waals surface area contributed by atoms with Gasteiger partial charge in [0, 0.05) is 5.56 Å². The van der Waals surface area contributed by atoms with Gasteiger partial charge in [0.25, 0.3) is 0 Å². The van der Waals surface area contributed by atoms with Crippen molar-refractivity contribution in [3.63, 3.8) is 0 Å². The minimum absolute atomic E-state index is 0.204. The number of ether oxygens (including phenoxy) is 2. The molecule has 0 amide bonds. The van der Waals surface area contributed by atoms with Crippen LogP contribution in [0.2, 0.25) is 0 Å². The van der Waals surface area contributed by atoms with E-state index in [1.54, 1.807) is 30.5 Å². The number of aromatic nitrogens is 1. The molecular formula is C23H17NO6. The molecule has 7 heteroatoms. The second-order valence-corrected chi connectivity index (χ2v) is 6.27. The molecule has 0 fully saturated rings. The normalized spacial score (nSPS) is 10.6. The van der Waals surface area contributed by atoms with E-state index in [1.165, 1.54) is 19.4 Å². The van der Waals surface area contributed by atoms with Gasteiger partial charge in [0.15, 0.2) is 18.1 Å². The molecule has 0 bridgehead atoms. The van der Waals surface area contributed by atoms with Gasteiger partial charge in [-0.2, -0.15) is 0 Å². The van der Waals surface area contributed by atoms with E-state index < -0.39 is 11.9 Å². The van der Waals surface area contributed by atoms with Crippen molar-refractivity contribution in [2.45, 2.75) is 6.61 Å². The van der Waals surface area contributed by atoms with Gasteiger partial charge in [-0.05, 0) is 18.2 Å². The number of hydrogen-bond acceptors (Lipinski definition) is 7. The number of nitrogens with zero attached hydrogens (tertiary/aromatic N) is 1. The summed E-state index contributed by atoms with van der Waals surface area (Å²) >= 11 is 0.